The topological polar surface area (TPSA) is 49.3 Å². The highest BCUT2D eigenvalue weighted by molar-refractivity contribution is 9.10. The van der Waals surface area contributed by atoms with Crippen molar-refractivity contribution in [3.63, 3.8) is 0 Å². The molecule has 1 saturated carbocycles. The third-order valence-electron chi connectivity index (χ3n) is 4.42. The summed E-state index contributed by atoms with van der Waals surface area (Å²) in [5, 5.41) is 12.5. The third-order valence-corrected chi connectivity index (χ3v) is 4.95. The lowest BCUT2D eigenvalue weighted by Crippen LogP contribution is -2.43. The number of hydrogen-bond donors (Lipinski definition) is 2. The number of aliphatic hydroxyl groups is 1. The summed E-state index contributed by atoms with van der Waals surface area (Å²) in [5.41, 5.74) is 1.18. The Labute approximate surface area is 135 Å². The van der Waals surface area contributed by atoms with Crippen molar-refractivity contribution in [3.05, 3.63) is 34.3 Å². The second-order valence-corrected chi connectivity index (χ2v) is 6.97. The molecule has 21 heavy (non-hydrogen) atoms. The molecule has 0 radical (unpaired) electrons. The van der Waals surface area contributed by atoms with Crippen molar-refractivity contribution in [3.8, 4) is 0 Å². The molecule has 0 spiro atoms. The first-order valence-corrected chi connectivity index (χ1v) is 8.55. The fourth-order valence-corrected chi connectivity index (χ4v) is 3.33. The Morgan fingerprint density at radius 2 is 2.00 bits per heavy atom. The molecule has 2 rings (SSSR count). The first-order chi connectivity index (χ1) is 10.1. The highest BCUT2D eigenvalue weighted by Crippen LogP contribution is 2.25. The van der Waals surface area contributed by atoms with Crippen molar-refractivity contribution in [1.29, 1.82) is 0 Å². The molecule has 1 fully saturated rings. The number of benzene rings is 1. The zero-order valence-corrected chi connectivity index (χ0v) is 14.1. The highest BCUT2D eigenvalue weighted by Gasteiger charge is 2.26. The van der Waals surface area contributed by atoms with Gasteiger partial charge in [-0.2, -0.15) is 0 Å². The molecule has 4 heteroatoms. The minimum atomic E-state index is 0.0933. The summed E-state index contributed by atoms with van der Waals surface area (Å²) >= 11 is 3.42. The van der Waals surface area contributed by atoms with Crippen LogP contribution in [-0.4, -0.2) is 23.7 Å². The summed E-state index contributed by atoms with van der Waals surface area (Å²) in [6.07, 6.45) is 4.81. The van der Waals surface area contributed by atoms with Gasteiger partial charge < -0.3 is 10.4 Å². The number of halogens is 1. The molecule has 1 aromatic rings. The average Bonchev–Trinajstić information content (AvgIpc) is 2.48. The van der Waals surface area contributed by atoms with E-state index in [1.54, 1.807) is 0 Å². The fourth-order valence-electron chi connectivity index (χ4n) is 3.07. The summed E-state index contributed by atoms with van der Waals surface area (Å²) < 4.78 is 1.05. The Balaban J connectivity index is 1.87. The minimum Gasteiger partial charge on any atom is -0.396 e. The van der Waals surface area contributed by atoms with Crippen molar-refractivity contribution >= 4 is 21.8 Å². The number of amides is 1. The van der Waals surface area contributed by atoms with Crippen LogP contribution in [0.15, 0.2) is 28.7 Å². The van der Waals surface area contributed by atoms with Gasteiger partial charge in [0.05, 0.1) is 0 Å². The van der Waals surface area contributed by atoms with Crippen molar-refractivity contribution < 1.29 is 9.90 Å². The Hall–Kier alpha value is -0.870. The predicted octanol–water partition coefficient (Wildman–Crippen LogP) is 3.61. The molecular weight excluding hydrogens is 330 g/mol. The summed E-state index contributed by atoms with van der Waals surface area (Å²) in [6, 6.07) is 8.27. The Morgan fingerprint density at radius 3 is 2.67 bits per heavy atom. The van der Waals surface area contributed by atoms with Gasteiger partial charge in [-0.15, -0.1) is 0 Å². The average molecular weight is 354 g/mol. The summed E-state index contributed by atoms with van der Waals surface area (Å²) in [4.78, 5) is 12.2. The number of nitrogens with one attached hydrogen (secondary N) is 1. The maximum atomic E-state index is 12.2. The highest BCUT2D eigenvalue weighted by atomic mass is 79.9. The molecule has 0 aliphatic heterocycles. The molecular formula is C17H24BrNO2. The largest absolute Gasteiger partial charge is 0.396 e. The van der Waals surface area contributed by atoms with Crippen LogP contribution < -0.4 is 5.32 Å². The number of aliphatic hydroxyl groups excluding tert-OH is 1. The normalized spacial score (nSPS) is 23.6. The molecule has 3 unspecified atom stereocenters. The molecule has 3 nitrogen and oxygen atoms in total. The minimum absolute atomic E-state index is 0.0933. The lowest BCUT2D eigenvalue weighted by molar-refractivity contribution is -0.122. The van der Waals surface area contributed by atoms with E-state index in [1.807, 2.05) is 12.1 Å². The van der Waals surface area contributed by atoms with Crippen molar-refractivity contribution in [2.75, 3.05) is 6.61 Å². The number of hydrogen-bond acceptors (Lipinski definition) is 2. The zero-order valence-electron chi connectivity index (χ0n) is 12.5. The second-order valence-electron chi connectivity index (χ2n) is 6.06. The van der Waals surface area contributed by atoms with Crippen molar-refractivity contribution in [1.82, 2.24) is 5.32 Å². The number of carbonyl (C=O) groups is 1. The third kappa shape index (κ3) is 4.82. The standard InChI is InChI=1S/C17H24BrNO2/c1-12(13-6-8-15(18)9-7-13)10-17(21)19-16-5-3-2-4-14(16)11-20/h6-9,12,14,16,20H,2-5,10-11H2,1H3,(H,19,21). The van der Waals surface area contributed by atoms with Gasteiger partial charge in [-0.3, -0.25) is 4.79 Å². The summed E-state index contributed by atoms with van der Waals surface area (Å²) in [7, 11) is 0. The molecule has 1 aliphatic carbocycles. The van der Waals surface area contributed by atoms with Gasteiger partial charge in [-0.05, 0) is 36.5 Å². The summed E-state index contributed by atoms with van der Waals surface area (Å²) in [5.74, 6) is 0.524. The van der Waals surface area contributed by atoms with Crippen LogP contribution in [0.4, 0.5) is 0 Å². The van der Waals surface area contributed by atoms with Crippen molar-refractivity contribution in [2.24, 2.45) is 5.92 Å². The SMILES string of the molecule is CC(CC(=O)NC1CCCCC1CO)c1ccc(Br)cc1. The molecule has 0 aromatic heterocycles. The van der Waals surface area contributed by atoms with Crippen LogP contribution >= 0.6 is 15.9 Å². The van der Waals surface area contributed by atoms with Gasteiger partial charge in [-0.25, -0.2) is 0 Å². The maximum absolute atomic E-state index is 12.2. The van der Waals surface area contributed by atoms with Crippen LogP contribution in [-0.2, 0) is 4.79 Å². The Kier molecular flexibility index (Phi) is 6.24. The molecule has 3 atom stereocenters. The van der Waals surface area contributed by atoms with Gasteiger partial charge in [0.1, 0.15) is 0 Å². The monoisotopic (exact) mass is 353 g/mol. The van der Waals surface area contributed by atoms with Gasteiger partial charge in [0.2, 0.25) is 5.91 Å². The van der Waals surface area contributed by atoms with E-state index in [0.29, 0.717) is 6.42 Å². The van der Waals surface area contributed by atoms with Crippen LogP contribution in [0.5, 0.6) is 0 Å². The van der Waals surface area contributed by atoms with E-state index in [4.69, 9.17) is 0 Å². The molecule has 1 amide bonds. The van der Waals surface area contributed by atoms with Gasteiger partial charge in [0.25, 0.3) is 0 Å². The Morgan fingerprint density at radius 1 is 1.33 bits per heavy atom. The van der Waals surface area contributed by atoms with E-state index < -0.39 is 0 Å². The van der Waals surface area contributed by atoms with Crippen LogP contribution in [0.25, 0.3) is 0 Å². The smallest absolute Gasteiger partial charge is 0.220 e. The maximum Gasteiger partial charge on any atom is 0.220 e. The van der Waals surface area contributed by atoms with Crippen LogP contribution in [0.1, 0.15) is 50.5 Å². The molecule has 0 bridgehead atoms. The quantitative estimate of drug-likeness (QED) is 0.849. The number of carbonyl (C=O) groups excluding carboxylic acids is 1. The molecule has 0 heterocycles. The predicted molar refractivity (Wildman–Crippen MR) is 88.1 cm³/mol. The molecule has 1 aliphatic rings. The van der Waals surface area contributed by atoms with Crippen LogP contribution in [0.3, 0.4) is 0 Å². The first kappa shape index (κ1) is 16.5. The van der Waals surface area contributed by atoms with Gasteiger partial charge in [0.15, 0.2) is 0 Å². The second kappa shape index (κ2) is 7.95. The Bertz CT molecular complexity index is 460. The first-order valence-electron chi connectivity index (χ1n) is 7.76. The van der Waals surface area contributed by atoms with E-state index in [1.165, 1.54) is 5.56 Å². The van der Waals surface area contributed by atoms with Gasteiger partial charge in [0, 0.05) is 29.5 Å². The zero-order chi connectivity index (χ0) is 15.2. The fraction of sp³-hybridized carbons (Fsp3) is 0.588. The van der Waals surface area contributed by atoms with Gasteiger partial charge in [-0.1, -0.05) is 47.8 Å². The van der Waals surface area contributed by atoms with Crippen LogP contribution in [0.2, 0.25) is 0 Å². The number of rotatable bonds is 5. The molecule has 0 saturated heterocycles. The molecule has 2 N–H and O–H groups in total. The van der Waals surface area contributed by atoms with Crippen LogP contribution in [0, 0.1) is 5.92 Å². The molecule has 1 aromatic carbocycles. The lowest BCUT2D eigenvalue weighted by Gasteiger charge is -2.31. The van der Waals surface area contributed by atoms with E-state index in [2.05, 4.69) is 40.3 Å². The van der Waals surface area contributed by atoms with E-state index in [-0.39, 0.29) is 30.4 Å². The van der Waals surface area contributed by atoms with Gasteiger partial charge >= 0.3 is 0 Å². The molecule has 116 valence electrons. The van der Waals surface area contributed by atoms with E-state index in [0.717, 1.165) is 30.2 Å². The summed E-state index contributed by atoms with van der Waals surface area (Å²) in [6.45, 7) is 2.25. The van der Waals surface area contributed by atoms with Crippen molar-refractivity contribution in [2.45, 2.75) is 51.0 Å². The van der Waals surface area contributed by atoms with E-state index >= 15 is 0 Å². The van der Waals surface area contributed by atoms with E-state index in [9.17, 15) is 9.90 Å². The lowest BCUT2D eigenvalue weighted by atomic mass is 9.85.